The highest BCUT2D eigenvalue weighted by Gasteiger charge is 2.17. The first-order valence-electron chi connectivity index (χ1n) is 5.07. The van der Waals surface area contributed by atoms with Crippen LogP contribution < -0.4 is 15.8 Å². The van der Waals surface area contributed by atoms with Gasteiger partial charge < -0.3 is 11.1 Å². The first-order chi connectivity index (χ1) is 8.77. The summed E-state index contributed by atoms with van der Waals surface area (Å²) in [5, 5.41) is 2.29. The van der Waals surface area contributed by atoms with Crippen LogP contribution in [0.15, 0.2) is 23.1 Å². The van der Waals surface area contributed by atoms with Gasteiger partial charge >= 0.3 is 0 Å². The van der Waals surface area contributed by atoms with Crippen LogP contribution >= 0.6 is 11.6 Å². The minimum atomic E-state index is -3.68. The van der Waals surface area contributed by atoms with Crippen LogP contribution in [0.25, 0.3) is 0 Å². The van der Waals surface area contributed by atoms with Gasteiger partial charge in [0.2, 0.25) is 15.9 Å². The van der Waals surface area contributed by atoms with Crippen molar-refractivity contribution in [2.45, 2.75) is 4.90 Å². The van der Waals surface area contributed by atoms with Gasteiger partial charge in [-0.25, -0.2) is 13.1 Å². The molecule has 0 saturated carbocycles. The quantitative estimate of drug-likeness (QED) is 0.677. The highest BCUT2D eigenvalue weighted by Crippen LogP contribution is 2.20. The number of amides is 2. The van der Waals surface area contributed by atoms with E-state index in [2.05, 4.69) is 10.0 Å². The number of hydrogen-bond donors (Lipinski definition) is 3. The summed E-state index contributed by atoms with van der Waals surface area (Å²) in [6, 6.07) is 3.66. The molecule has 2 amide bonds. The van der Waals surface area contributed by atoms with Crippen LogP contribution in [0.4, 0.5) is 0 Å². The zero-order valence-corrected chi connectivity index (χ0v) is 11.5. The van der Waals surface area contributed by atoms with Gasteiger partial charge in [0.25, 0.3) is 5.91 Å². The van der Waals surface area contributed by atoms with Crippen molar-refractivity contribution in [3.05, 3.63) is 28.8 Å². The second-order valence-electron chi connectivity index (χ2n) is 3.50. The Labute approximate surface area is 115 Å². The van der Waals surface area contributed by atoms with E-state index in [4.69, 9.17) is 17.3 Å². The van der Waals surface area contributed by atoms with E-state index >= 15 is 0 Å². The summed E-state index contributed by atoms with van der Waals surface area (Å²) in [6.45, 7) is -0.363. The van der Waals surface area contributed by atoms with E-state index < -0.39 is 21.8 Å². The Morgan fingerprint density at radius 3 is 2.53 bits per heavy atom. The normalized spacial score (nSPS) is 11.1. The first-order valence-corrected chi connectivity index (χ1v) is 6.93. The molecule has 0 unspecified atom stereocenters. The molecule has 0 aliphatic heterocycles. The lowest BCUT2D eigenvalue weighted by Gasteiger charge is -2.08. The predicted molar refractivity (Wildman–Crippen MR) is 69.2 cm³/mol. The highest BCUT2D eigenvalue weighted by molar-refractivity contribution is 7.89. The average Bonchev–Trinajstić information content (AvgIpc) is 2.36. The molecule has 1 aromatic rings. The summed E-state index contributed by atoms with van der Waals surface area (Å²) in [6.07, 6.45) is 0. The van der Waals surface area contributed by atoms with Crippen molar-refractivity contribution in [1.29, 1.82) is 0 Å². The van der Waals surface area contributed by atoms with Crippen LogP contribution in [-0.4, -0.2) is 33.8 Å². The molecule has 0 atom stereocenters. The van der Waals surface area contributed by atoms with Gasteiger partial charge in [0.05, 0.1) is 22.0 Å². The standard InChI is InChI=1S/C10H12ClN3O4S/c1-13-19(17,18)6-2-3-8(11)7(4-6)10(16)14-5-9(12)15/h2-4,13H,5H2,1H3,(H2,12,15)(H,14,16). The van der Waals surface area contributed by atoms with Crippen LogP contribution in [-0.2, 0) is 14.8 Å². The zero-order chi connectivity index (χ0) is 14.6. The number of rotatable bonds is 5. The van der Waals surface area contributed by atoms with Crippen LogP contribution in [0.1, 0.15) is 10.4 Å². The lowest BCUT2D eigenvalue weighted by molar-refractivity contribution is -0.117. The maximum Gasteiger partial charge on any atom is 0.253 e. The molecule has 104 valence electrons. The predicted octanol–water partition coefficient (Wildman–Crippen LogP) is -0.537. The Balaban J connectivity index is 3.11. The van der Waals surface area contributed by atoms with Gasteiger partial charge in [-0.05, 0) is 25.2 Å². The van der Waals surface area contributed by atoms with E-state index in [0.717, 1.165) is 6.07 Å². The topological polar surface area (TPSA) is 118 Å². The molecule has 0 heterocycles. The Morgan fingerprint density at radius 1 is 1.37 bits per heavy atom. The number of carbonyl (C=O) groups excluding carboxylic acids is 2. The molecule has 4 N–H and O–H groups in total. The number of carbonyl (C=O) groups is 2. The van der Waals surface area contributed by atoms with Crippen molar-refractivity contribution in [3.63, 3.8) is 0 Å². The van der Waals surface area contributed by atoms with E-state index in [1.165, 1.54) is 19.2 Å². The molecule has 1 aromatic carbocycles. The molecule has 0 radical (unpaired) electrons. The molecule has 0 fully saturated rings. The molecule has 0 saturated heterocycles. The first kappa shape index (κ1) is 15.4. The maximum absolute atomic E-state index is 11.7. The summed E-state index contributed by atoms with van der Waals surface area (Å²) in [7, 11) is -2.44. The van der Waals surface area contributed by atoms with Crippen molar-refractivity contribution >= 4 is 33.4 Å². The van der Waals surface area contributed by atoms with Crippen molar-refractivity contribution in [2.75, 3.05) is 13.6 Å². The molecule has 0 aliphatic carbocycles. The van der Waals surface area contributed by atoms with Crippen LogP contribution in [0.5, 0.6) is 0 Å². The minimum Gasteiger partial charge on any atom is -0.368 e. The van der Waals surface area contributed by atoms with E-state index in [-0.39, 0.29) is 22.0 Å². The molecule has 7 nitrogen and oxygen atoms in total. The molecule has 1 rings (SSSR count). The molecule has 19 heavy (non-hydrogen) atoms. The second-order valence-corrected chi connectivity index (χ2v) is 5.79. The number of halogens is 1. The van der Waals surface area contributed by atoms with Crippen molar-refractivity contribution < 1.29 is 18.0 Å². The number of nitrogens with one attached hydrogen (secondary N) is 2. The summed E-state index contributed by atoms with van der Waals surface area (Å²) in [5.41, 5.74) is 4.83. The van der Waals surface area contributed by atoms with Gasteiger partial charge in [-0.15, -0.1) is 0 Å². The largest absolute Gasteiger partial charge is 0.368 e. The molecule has 0 bridgehead atoms. The van der Waals surface area contributed by atoms with Crippen LogP contribution in [0.3, 0.4) is 0 Å². The highest BCUT2D eigenvalue weighted by atomic mass is 35.5. The SMILES string of the molecule is CNS(=O)(=O)c1ccc(Cl)c(C(=O)NCC(N)=O)c1. The summed E-state index contributed by atoms with van der Waals surface area (Å²) >= 11 is 5.81. The Kier molecular flexibility index (Phi) is 4.87. The average molecular weight is 306 g/mol. The fourth-order valence-corrected chi connectivity index (χ4v) is 2.19. The lowest BCUT2D eigenvalue weighted by atomic mass is 10.2. The van der Waals surface area contributed by atoms with Crippen LogP contribution in [0.2, 0.25) is 5.02 Å². The van der Waals surface area contributed by atoms with Gasteiger partial charge in [0.1, 0.15) is 0 Å². The number of primary amides is 1. The maximum atomic E-state index is 11.7. The van der Waals surface area contributed by atoms with E-state index in [1.807, 2.05) is 0 Å². The fraction of sp³-hybridized carbons (Fsp3) is 0.200. The van der Waals surface area contributed by atoms with E-state index in [1.54, 1.807) is 0 Å². The third kappa shape index (κ3) is 3.91. The summed E-state index contributed by atoms with van der Waals surface area (Å²) in [5.74, 6) is -1.40. The van der Waals surface area contributed by atoms with Gasteiger partial charge in [0.15, 0.2) is 0 Å². The fourth-order valence-electron chi connectivity index (χ4n) is 1.23. The molecule has 9 heteroatoms. The molecular weight excluding hydrogens is 294 g/mol. The monoisotopic (exact) mass is 305 g/mol. The smallest absolute Gasteiger partial charge is 0.253 e. The molecular formula is C10H12ClN3O4S. The minimum absolute atomic E-state index is 0.0563. The van der Waals surface area contributed by atoms with Crippen molar-refractivity contribution in [2.24, 2.45) is 5.73 Å². The lowest BCUT2D eigenvalue weighted by Crippen LogP contribution is -2.33. The number of nitrogens with two attached hydrogens (primary N) is 1. The summed E-state index contributed by atoms with van der Waals surface area (Å²) < 4.78 is 25.3. The second kappa shape index (κ2) is 6.00. The van der Waals surface area contributed by atoms with Gasteiger partial charge in [0, 0.05) is 0 Å². The van der Waals surface area contributed by atoms with Crippen molar-refractivity contribution in [3.8, 4) is 0 Å². The van der Waals surface area contributed by atoms with Crippen LogP contribution in [0, 0.1) is 0 Å². The Bertz CT molecular complexity index is 615. The van der Waals surface area contributed by atoms with Gasteiger partial charge in [-0.3, -0.25) is 9.59 Å². The third-order valence-corrected chi connectivity index (χ3v) is 3.93. The van der Waals surface area contributed by atoms with Crippen molar-refractivity contribution in [1.82, 2.24) is 10.0 Å². The third-order valence-electron chi connectivity index (χ3n) is 2.18. The number of benzene rings is 1. The zero-order valence-electron chi connectivity index (χ0n) is 9.94. The summed E-state index contributed by atoms with van der Waals surface area (Å²) in [4.78, 5) is 22.2. The number of sulfonamides is 1. The Morgan fingerprint density at radius 2 is 2.00 bits per heavy atom. The van der Waals surface area contributed by atoms with Gasteiger partial charge in [-0.2, -0.15) is 0 Å². The molecule has 0 aliphatic rings. The molecule has 0 spiro atoms. The van der Waals surface area contributed by atoms with E-state index in [9.17, 15) is 18.0 Å². The molecule has 0 aromatic heterocycles. The Hall–Kier alpha value is -1.64. The number of hydrogen-bond acceptors (Lipinski definition) is 4. The van der Waals surface area contributed by atoms with E-state index in [0.29, 0.717) is 0 Å². The van der Waals surface area contributed by atoms with Gasteiger partial charge in [-0.1, -0.05) is 11.6 Å².